The van der Waals surface area contributed by atoms with Crippen molar-refractivity contribution in [2.45, 2.75) is 75.3 Å². The Morgan fingerprint density at radius 2 is 1.59 bits per heavy atom. The number of benzene rings is 2. The van der Waals surface area contributed by atoms with Crippen molar-refractivity contribution < 1.29 is 49.6 Å². The summed E-state index contributed by atoms with van der Waals surface area (Å²) in [4.78, 5) is 0. The van der Waals surface area contributed by atoms with Crippen molar-refractivity contribution >= 4 is 0 Å². The minimum atomic E-state index is -1.61. The second-order valence-electron chi connectivity index (χ2n) is 9.58. The molecule has 1 heterocycles. The summed E-state index contributed by atoms with van der Waals surface area (Å²) >= 11 is 0. The van der Waals surface area contributed by atoms with E-state index in [-0.39, 0.29) is 23.0 Å². The number of phenols is 1. The molecule has 6 N–H and O–H groups in total. The fourth-order valence-electron chi connectivity index (χ4n) is 4.99. The average Bonchev–Trinajstić information content (AvgIpc) is 2.91. The molecular weight excluding hydrogens is 484 g/mol. The van der Waals surface area contributed by atoms with Crippen molar-refractivity contribution in [1.82, 2.24) is 0 Å². The normalized spacial score (nSPS) is 28.4. The van der Waals surface area contributed by atoms with Gasteiger partial charge in [-0.2, -0.15) is 0 Å². The third-order valence-electron chi connectivity index (χ3n) is 7.11. The zero-order valence-corrected chi connectivity index (χ0v) is 21.0. The van der Waals surface area contributed by atoms with E-state index in [0.29, 0.717) is 48.8 Å². The molecule has 0 unspecified atom stereocenters. The quantitative estimate of drug-likeness (QED) is 0.339. The van der Waals surface area contributed by atoms with Crippen LogP contribution in [0.5, 0.6) is 23.0 Å². The molecular formula is C27H36O10. The van der Waals surface area contributed by atoms with E-state index in [1.54, 1.807) is 6.07 Å². The van der Waals surface area contributed by atoms with Crippen molar-refractivity contribution in [1.29, 1.82) is 0 Å². The van der Waals surface area contributed by atoms with E-state index in [4.69, 9.17) is 18.9 Å². The van der Waals surface area contributed by atoms with Gasteiger partial charge in [-0.15, -0.1) is 0 Å². The number of methoxy groups -OCH3 is 2. The number of hydrogen-bond acceptors (Lipinski definition) is 10. The van der Waals surface area contributed by atoms with Gasteiger partial charge < -0.3 is 49.6 Å². The summed E-state index contributed by atoms with van der Waals surface area (Å²) in [6.07, 6.45) is -3.87. The third kappa shape index (κ3) is 5.64. The maximum atomic E-state index is 10.8. The smallest absolute Gasteiger partial charge is 0.229 e. The lowest BCUT2D eigenvalue weighted by atomic mass is 9.95. The van der Waals surface area contributed by atoms with Gasteiger partial charge in [-0.1, -0.05) is 12.5 Å². The van der Waals surface area contributed by atoms with Crippen LogP contribution in [0.4, 0.5) is 0 Å². The van der Waals surface area contributed by atoms with Crippen LogP contribution in [0.1, 0.15) is 36.8 Å². The fourth-order valence-corrected chi connectivity index (χ4v) is 4.99. The minimum absolute atomic E-state index is 0.0491. The lowest BCUT2D eigenvalue weighted by Gasteiger charge is -2.40. The van der Waals surface area contributed by atoms with E-state index in [9.17, 15) is 30.6 Å². The number of aliphatic hydroxyl groups excluding tert-OH is 5. The lowest BCUT2D eigenvalue weighted by Crippen LogP contribution is -2.60. The predicted molar refractivity (Wildman–Crippen MR) is 133 cm³/mol. The molecule has 2 aromatic rings. The summed E-state index contributed by atoms with van der Waals surface area (Å²) in [7, 11) is 2.90. The number of phenolic OH excluding ortho intramolecular Hbond substituents is 1. The molecule has 10 nitrogen and oxygen atoms in total. The van der Waals surface area contributed by atoms with Crippen LogP contribution in [0, 0.1) is 0 Å². The van der Waals surface area contributed by atoms with Crippen molar-refractivity contribution in [3.63, 3.8) is 0 Å². The predicted octanol–water partition coefficient (Wildman–Crippen LogP) is 1.27. The minimum Gasteiger partial charge on any atom is -0.507 e. The molecule has 1 aliphatic carbocycles. The monoisotopic (exact) mass is 520 g/mol. The first-order valence-corrected chi connectivity index (χ1v) is 12.5. The number of aryl methyl sites for hydroxylation is 2. The number of fused-ring (bicyclic) bond motifs is 5. The van der Waals surface area contributed by atoms with Gasteiger partial charge in [0, 0.05) is 11.1 Å². The highest BCUT2D eigenvalue weighted by molar-refractivity contribution is 5.81. The SMILES string of the molecule is COc1c2cc(c(O[C@@H]3O[C@H](CO)[C@@H](O)[C@H](O)[C@H]3O)c1OC)CCCC[C@@H](O)CCc1ccc(O)c-2c1. The molecule has 0 amide bonds. The number of hydrogen-bond donors (Lipinski definition) is 6. The van der Waals surface area contributed by atoms with E-state index >= 15 is 0 Å². The second kappa shape index (κ2) is 11.8. The van der Waals surface area contributed by atoms with Crippen molar-refractivity contribution in [2.75, 3.05) is 20.8 Å². The zero-order chi connectivity index (χ0) is 26.7. The highest BCUT2D eigenvalue weighted by Crippen LogP contribution is 2.50. The van der Waals surface area contributed by atoms with Gasteiger partial charge in [0.15, 0.2) is 11.5 Å². The van der Waals surface area contributed by atoms with Crippen LogP contribution in [-0.4, -0.2) is 88.3 Å². The largest absolute Gasteiger partial charge is 0.507 e. The summed E-state index contributed by atoms with van der Waals surface area (Å²) in [5.74, 6) is 0.742. The Morgan fingerprint density at radius 1 is 0.838 bits per heavy atom. The van der Waals surface area contributed by atoms with Crippen LogP contribution >= 0.6 is 0 Å². The molecule has 0 radical (unpaired) electrons. The molecule has 2 aliphatic rings. The first-order valence-electron chi connectivity index (χ1n) is 12.5. The molecule has 1 saturated heterocycles. The highest BCUT2D eigenvalue weighted by Gasteiger charge is 2.45. The molecule has 0 saturated carbocycles. The average molecular weight is 521 g/mol. The topological polar surface area (TPSA) is 158 Å². The Labute approximate surface area is 215 Å². The molecule has 0 aromatic heterocycles. The Bertz CT molecular complexity index is 1070. The summed E-state index contributed by atoms with van der Waals surface area (Å²) < 4.78 is 23.1. The van der Waals surface area contributed by atoms with E-state index in [1.165, 1.54) is 14.2 Å². The molecule has 4 bridgehead atoms. The summed E-state index contributed by atoms with van der Waals surface area (Å²) in [6.45, 7) is -0.588. The van der Waals surface area contributed by atoms with Crippen LogP contribution in [0.25, 0.3) is 11.1 Å². The maximum Gasteiger partial charge on any atom is 0.229 e. The van der Waals surface area contributed by atoms with Crippen LogP contribution in [0.3, 0.4) is 0 Å². The molecule has 1 fully saturated rings. The standard InChI is InChI=1S/C27H36O10/c1-34-25-18-12-15(5-3-4-6-16(29)9-7-14-8-10-19(30)17(18)11-14)24(26(25)35-2)37-27-23(33)22(32)21(31)20(13-28)36-27/h8,10-12,16,20-23,27-33H,3-7,9,13H2,1-2H3/t16-,20-,21-,22+,23-,27+/m1/s1. The van der Waals surface area contributed by atoms with Gasteiger partial charge in [0.25, 0.3) is 0 Å². The summed E-state index contributed by atoms with van der Waals surface area (Å²) in [6, 6.07) is 7.13. The number of rotatable bonds is 5. The summed E-state index contributed by atoms with van der Waals surface area (Å²) in [5.41, 5.74) is 2.73. The van der Waals surface area contributed by atoms with Gasteiger partial charge >= 0.3 is 0 Å². The molecule has 2 aromatic carbocycles. The molecule has 1 aliphatic heterocycles. The van der Waals surface area contributed by atoms with E-state index in [2.05, 4.69) is 0 Å². The zero-order valence-electron chi connectivity index (χ0n) is 21.0. The molecule has 0 spiro atoms. The van der Waals surface area contributed by atoms with Crippen LogP contribution < -0.4 is 14.2 Å². The van der Waals surface area contributed by atoms with Gasteiger partial charge in [-0.3, -0.25) is 0 Å². The Hall–Kier alpha value is -2.60. The van der Waals surface area contributed by atoms with Gasteiger partial charge in [0.05, 0.1) is 26.9 Å². The fraction of sp³-hybridized carbons (Fsp3) is 0.556. The van der Waals surface area contributed by atoms with Crippen molar-refractivity contribution in [3.05, 3.63) is 35.4 Å². The molecule has 6 atom stereocenters. The van der Waals surface area contributed by atoms with Gasteiger partial charge in [0.2, 0.25) is 12.0 Å². The van der Waals surface area contributed by atoms with E-state index in [1.807, 2.05) is 18.2 Å². The first-order chi connectivity index (χ1) is 17.8. The number of ether oxygens (including phenoxy) is 4. The third-order valence-corrected chi connectivity index (χ3v) is 7.11. The van der Waals surface area contributed by atoms with E-state index < -0.39 is 43.4 Å². The van der Waals surface area contributed by atoms with Crippen molar-refractivity contribution in [2.24, 2.45) is 0 Å². The molecule has 4 rings (SSSR count). The molecule has 204 valence electrons. The molecule has 10 heteroatoms. The van der Waals surface area contributed by atoms with Crippen LogP contribution in [-0.2, 0) is 17.6 Å². The molecule has 37 heavy (non-hydrogen) atoms. The van der Waals surface area contributed by atoms with E-state index in [0.717, 1.165) is 12.0 Å². The Morgan fingerprint density at radius 3 is 2.30 bits per heavy atom. The number of aromatic hydroxyl groups is 1. The van der Waals surface area contributed by atoms with Gasteiger partial charge in [-0.25, -0.2) is 0 Å². The Kier molecular flexibility index (Phi) is 8.79. The lowest BCUT2D eigenvalue weighted by molar-refractivity contribution is -0.277. The van der Waals surface area contributed by atoms with Crippen LogP contribution in [0.15, 0.2) is 24.3 Å². The summed E-state index contributed by atoms with van der Waals surface area (Å²) in [5, 5.41) is 61.7. The van der Waals surface area contributed by atoms with Gasteiger partial charge in [0.1, 0.15) is 30.2 Å². The van der Waals surface area contributed by atoms with Crippen LogP contribution in [0.2, 0.25) is 0 Å². The highest BCUT2D eigenvalue weighted by atomic mass is 16.7. The number of aliphatic hydroxyl groups is 5. The first kappa shape index (κ1) is 27.4. The van der Waals surface area contributed by atoms with Crippen molar-refractivity contribution in [3.8, 4) is 34.1 Å². The Balaban J connectivity index is 1.84. The second-order valence-corrected chi connectivity index (χ2v) is 9.58. The van der Waals surface area contributed by atoms with Gasteiger partial charge in [-0.05, 0) is 61.4 Å². The maximum absolute atomic E-state index is 10.8.